The molecule has 26 heavy (non-hydrogen) atoms. The number of hydrogen-bond donors (Lipinski definition) is 1. The molecular weight excluding hydrogens is 334 g/mol. The van der Waals surface area contributed by atoms with E-state index in [0.717, 1.165) is 57.1 Å². The number of aryl methyl sites for hydroxylation is 1. The van der Waals surface area contributed by atoms with Crippen LogP contribution < -0.4 is 0 Å². The largest absolute Gasteiger partial charge is 0.345 e. The zero-order valence-electron chi connectivity index (χ0n) is 15.3. The van der Waals surface area contributed by atoms with Gasteiger partial charge in [0.05, 0.1) is 6.54 Å². The first-order chi connectivity index (χ1) is 12.5. The summed E-state index contributed by atoms with van der Waals surface area (Å²) in [6, 6.07) is 4.47. The average Bonchev–Trinajstić information content (AvgIpc) is 3.19. The van der Waals surface area contributed by atoms with E-state index in [2.05, 4.69) is 19.8 Å². The number of piperidine rings is 1. The number of rotatable bonds is 4. The van der Waals surface area contributed by atoms with Gasteiger partial charge in [0.25, 0.3) is 0 Å². The molecule has 0 unspecified atom stereocenters. The molecule has 2 fully saturated rings. The zero-order valence-corrected chi connectivity index (χ0v) is 15.3. The van der Waals surface area contributed by atoms with E-state index in [0.29, 0.717) is 12.1 Å². The highest BCUT2D eigenvalue weighted by Gasteiger charge is 2.41. The second-order valence-electron chi connectivity index (χ2n) is 8.00. The molecular formula is C20H26F2N4. The first-order valence-corrected chi connectivity index (χ1v) is 9.41. The van der Waals surface area contributed by atoms with Gasteiger partial charge in [-0.15, -0.1) is 0 Å². The van der Waals surface area contributed by atoms with Gasteiger partial charge in [0.2, 0.25) is 0 Å². The topological polar surface area (TPSA) is 35.2 Å². The van der Waals surface area contributed by atoms with Gasteiger partial charge in [0, 0.05) is 37.1 Å². The van der Waals surface area contributed by atoms with Crippen LogP contribution in [0.5, 0.6) is 0 Å². The summed E-state index contributed by atoms with van der Waals surface area (Å²) in [5.74, 6) is -0.433. The molecule has 4 nitrogen and oxygen atoms in total. The van der Waals surface area contributed by atoms with Crippen molar-refractivity contribution < 1.29 is 8.78 Å². The van der Waals surface area contributed by atoms with Gasteiger partial charge in [-0.05, 0) is 50.8 Å². The molecule has 1 spiro atoms. The second kappa shape index (κ2) is 7.08. The van der Waals surface area contributed by atoms with Crippen molar-refractivity contribution in [2.75, 3.05) is 26.2 Å². The highest BCUT2D eigenvalue weighted by atomic mass is 19.2. The maximum absolute atomic E-state index is 14.0. The van der Waals surface area contributed by atoms with Crippen LogP contribution in [0.4, 0.5) is 8.78 Å². The highest BCUT2D eigenvalue weighted by Crippen LogP contribution is 2.39. The van der Waals surface area contributed by atoms with E-state index >= 15 is 0 Å². The van der Waals surface area contributed by atoms with Crippen molar-refractivity contribution >= 4 is 0 Å². The SMILES string of the molecule is Cc1cnc(CN2CC[C@@]3(CCCN(Cc4cccc(F)c4F)C3)C2)[nH]1. The zero-order chi connectivity index (χ0) is 18.1. The van der Waals surface area contributed by atoms with E-state index in [1.54, 1.807) is 12.1 Å². The monoisotopic (exact) mass is 360 g/mol. The van der Waals surface area contributed by atoms with Crippen LogP contribution in [-0.2, 0) is 13.1 Å². The van der Waals surface area contributed by atoms with E-state index in [9.17, 15) is 8.78 Å². The molecule has 2 aromatic rings. The van der Waals surface area contributed by atoms with Crippen LogP contribution in [0.3, 0.4) is 0 Å². The Balaban J connectivity index is 1.39. The van der Waals surface area contributed by atoms with E-state index in [1.807, 2.05) is 13.1 Å². The molecule has 1 aromatic heterocycles. The molecule has 1 atom stereocenters. The minimum atomic E-state index is -0.755. The Morgan fingerprint density at radius 3 is 2.69 bits per heavy atom. The smallest absolute Gasteiger partial charge is 0.163 e. The van der Waals surface area contributed by atoms with Crippen molar-refractivity contribution in [1.82, 2.24) is 19.8 Å². The van der Waals surface area contributed by atoms with Crippen LogP contribution >= 0.6 is 0 Å². The predicted octanol–water partition coefficient (Wildman–Crippen LogP) is 3.48. The predicted molar refractivity (Wildman–Crippen MR) is 96.5 cm³/mol. The molecule has 0 bridgehead atoms. The normalized spacial score (nSPS) is 24.6. The minimum absolute atomic E-state index is 0.268. The van der Waals surface area contributed by atoms with Gasteiger partial charge in [0.15, 0.2) is 11.6 Å². The van der Waals surface area contributed by atoms with Gasteiger partial charge in [-0.3, -0.25) is 9.80 Å². The van der Waals surface area contributed by atoms with Crippen LogP contribution in [0.1, 0.15) is 36.3 Å². The fourth-order valence-electron chi connectivity index (χ4n) is 4.61. The first kappa shape index (κ1) is 17.6. The van der Waals surface area contributed by atoms with Crippen molar-refractivity contribution in [2.24, 2.45) is 5.41 Å². The van der Waals surface area contributed by atoms with Crippen molar-refractivity contribution in [3.8, 4) is 0 Å². The molecule has 2 saturated heterocycles. The molecule has 2 aliphatic rings. The van der Waals surface area contributed by atoms with Crippen molar-refractivity contribution in [1.29, 1.82) is 0 Å². The van der Waals surface area contributed by atoms with Crippen LogP contribution in [0.15, 0.2) is 24.4 Å². The molecule has 140 valence electrons. The Morgan fingerprint density at radius 2 is 1.92 bits per heavy atom. The Bertz CT molecular complexity index is 775. The first-order valence-electron chi connectivity index (χ1n) is 9.41. The van der Waals surface area contributed by atoms with Crippen molar-refractivity contribution in [2.45, 2.75) is 39.3 Å². The third-order valence-corrected chi connectivity index (χ3v) is 5.81. The summed E-state index contributed by atoms with van der Waals surface area (Å²) in [7, 11) is 0. The number of H-pyrrole nitrogens is 1. The lowest BCUT2D eigenvalue weighted by atomic mass is 9.79. The molecule has 0 saturated carbocycles. The number of nitrogens with one attached hydrogen (secondary N) is 1. The molecule has 4 rings (SSSR count). The summed E-state index contributed by atoms with van der Waals surface area (Å²) in [6.45, 7) is 7.39. The van der Waals surface area contributed by atoms with Crippen LogP contribution in [0.25, 0.3) is 0 Å². The lowest BCUT2D eigenvalue weighted by Crippen LogP contribution is -2.44. The summed E-state index contributed by atoms with van der Waals surface area (Å²) < 4.78 is 27.5. The maximum Gasteiger partial charge on any atom is 0.163 e. The van der Waals surface area contributed by atoms with Gasteiger partial charge in [-0.2, -0.15) is 0 Å². The lowest BCUT2D eigenvalue weighted by molar-refractivity contribution is 0.0854. The molecule has 0 radical (unpaired) electrons. The summed E-state index contributed by atoms with van der Waals surface area (Å²) in [6.07, 6.45) is 5.36. The van der Waals surface area contributed by atoms with E-state index < -0.39 is 11.6 Å². The van der Waals surface area contributed by atoms with Crippen LogP contribution in [0, 0.1) is 24.0 Å². The average molecular weight is 360 g/mol. The molecule has 1 N–H and O–H groups in total. The Hall–Kier alpha value is -1.79. The number of likely N-dealkylation sites (tertiary alicyclic amines) is 2. The third-order valence-electron chi connectivity index (χ3n) is 5.81. The maximum atomic E-state index is 14.0. The molecule has 0 aliphatic carbocycles. The van der Waals surface area contributed by atoms with Crippen LogP contribution in [-0.4, -0.2) is 45.9 Å². The molecule has 0 amide bonds. The summed E-state index contributed by atoms with van der Waals surface area (Å²) >= 11 is 0. The molecule has 3 heterocycles. The van der Waals surface area contributed by atoms with Gasteiger partial charge in [0.1, 0.15) is 5.82 Å². The second-order valence-corrected chi connectivity index (χ2v) is 8.00. The standard InChI is InChI=1S/C20H26F2N4/c1-15-10-23-18(24-15)12-26-9-7-20(14-26)6-3-8-25(13-20)11-16-4-2-5-17(21)19(16)22/h2,4-5,10H,3,6-9,11-14H2,1H3,(H,23,24)/t20-/m1/s1. The summed E-state index contributed by atoms with van der Waals surface area (Å²) in [4.78, 5) is 12.5. The highest BCUT2D eigenvalue weighted by molar-refractivity contribution is 5.19. The van der Waals surface area contributed by atoms with E-state index in [4.69, 9.17) is 0 Å². The minimum Gasteiger partial charge on any atom is -0.345 e. The quantitative estimate of drug-likeness (QED) is 0.907. The number of benzene rings is 1. The molecule has 2 aliphatic heterocycles. The summed E-state index contributed by atoms with van der Waals surface area (Å²) in [5, 5.41) is 0. The van der Waals surface area contributed by atoms with Gasteiger partial charge in [-0.25, -0.2) is 13.8 Å². The molecule has 1 aromatic carbocycles. The Morgan fingerprint density at radius 1 is 1.12 bits per heavy atom. The van der Waals surface area contributed by atoms with Gasteiger partial charge >= 0.3 is 0 Å². The van der Waals surface area contributed by atoms with Crippen molar-refractivity contribution in [3.05, 3.63) is 53.1 Å². The third kappa shape index (κ3) is 3.67. The number of aromatic nitrogens is 2. The number of hydrogen-bond acceptors (Lipinski definition) is 3. The lowest BCUT2D eigenvalue weighted by Gasteiger charge is -2.40. The number of halogens is 2. The Labute approximate surface area is 153 Å². The van der Waals surface area contributed by atoms with Crippen molar-refractivity contribution in [3.63, 3.8) is 0 Å². The van der Waals surface area contributed by atoms with Gasteiger partial charge in [-0.1, -0.05) is 12.1 Å². The number of imidazole rings is 1. The van der Waals surface area contributed by atoms with Gasteiger partial charge < -0.3 is 4.98 Å². The Kier molecular flexibility index (Phi) is 4.80. The fraction of sp³-hybridized carbons (Fsp3) is 0.550. The van der Waals surface area contributed by atoms with Crippen LogP contribution in [0.2, 0.25) is 0 Å². The van der Waals surface area contributed by atoms with E-state index in [-0.39, 0.29) is 5.41 Å². The number of aromatic amines is 1. The number of nitrogens with zero attached hydrogens (tertiary/aromatic N) is 3. The summed E-state index contributed by atoms with van der Waals surface area (Å²) in [5.41, 5.74) is 1.82. The fourth-order valence-corrected chi connectivity index (χ4v) is 4.61. The molecule has 6 heteroatoms. The van der Waals surface area contributed by atoms with E-state index in [1.165, 1.54) is 12.5 Å².